The van der Waals surface area contributed by atoms with Crippen molar-refractivity contribution in [2.75, 3.05) is 0 Å². The van der Waals surface area contributed by atoms with Gasteiger partial charge in [0.05, 0.1) is 6.54 Å². The van der Waals surface area contributed by atoms with E-state index in [2.05, 4.69) is 22.4 Å². The molecule has 96 valence electrons. The number of hydrogen-bond donors (Lipinski definition) is 2. The highest BCUT2D eigenvalue weighted by Gasteiger charge is 2.13. The van der Waals surface area contributed by atoms with Gasteiger partial charge in [-0.25, -0.2) is 0 Å². The van der Waals surface area contributed by atoms with Crippen LogP contribution >= 0.6 is 0 Å². The van der Waals surface area contributed by atoms with Gasteiger partial charge in [0.1, 0.15) is 5.75 Å². The molecule has 1 heterocycles. The fraction of sp³-hybridized carbons (Fsp3) is 0.385. The van der Waals surface area contributed by atoms with Gasteiger partial charge in [-0.15, -0.1) is 0 Å². The summed E-state index contributed by atoms with van der Waals surface area (Å²) in [5.41, 5.74) is 0.885. The summed E-state index contributed by atoms with van der Waals surface area (Å²) in [7, 11) is 0. The van der Waals surface area contributed by atoms with Crippen molar-refractivity contribution in [1.82, 2.24) is 15.5 Å². The maximum absolute atomic E-state index is 9.82. The van der Waals surface area contributed by atoms with Gasteiger partial charge in [0.2, 0.25) is 5.89 Å². The van der Waals surface area contributed by atoms with E-state index >= 15 is 0 Å². The molecule has 5 heteroatoms. The number of aryl methyl sites for hydroxylation is 1. The Kier molecular flexibility index (Phi) is 3.94. The van der Waals surface area contributed by atoms with Crippen LogP contribution in [-0.4, -0.2) is 15.2 Å². The summed E-state index contributed by atoms with van der Waals surface area (Å²) in [4.78, 5) is 4.13. The normalized spacial score (nSPS) is 12.6. The number of nitrogens with one attached hydrogen (secondary N) is 1. The molecule has 0 aliphatic rings. The molecule has 1 aromatic carbocycles. The molecule has 0 saturated heterocycles. The number of phenolic OH excluding ortho intramolecular Hbond substituents is 1. The summed E-state index contributed by atoms with van der Waals surface area (Å²) in [6, 6.07) is 7.40. The van der Waals surface area contributed by atoms with Crippen LogP contribution in [0.2, 0.25) is 0 Å². The molecular formula is C13H17N3O2. The summed E-state index contributed by atoms with van der Waals surface area (Å²) in [5, 5.41) is 16.9. The largest absolute Gasteiger partial charge is 0.508 e. The molecule has 0 saturated carbocycles. The van der Waals surface area contributed by atoms with Gasteiger partial charge in [0, 0.05) is 11.6 Å². The molecule has 2 rings (SSSR count). The minimum atomic E-state index is 0.0680. The topological polar surface area (TPSA) is 71.2 Å². The Morgan fingerprint density at radius 2 is 2.17 bits per heavy atom. The van der Waals surface area contributed by atoms with E-state index in [9.17, 15) is 5.11 Å². The molecule has 0 aliphatic heterocycles. The molecule has 1 unspecified atom stereocenters. The molecule has 0 radical (unpaired) electrons. The van der Waals surface area contributed by atoms with Crippen LogP contribution in [0, 0.1) is 6.92 Å². The Bertz CT molecular complexity index is 510. The van der Waals surface area contributed by atoms with Crippen molar-refractivity contribution in [2.45, 2.75) is 32.9 Å². The highest BCUT2D eigenvalue weighted by molar-refractivity contribution is 5.34. The number of para-hydroxylation sites is 1. The Balaban J connectivity index is 2.04. The van der Waals surface area contributed by atoms with Crippen LogP contribution in [-0.2, 0) is 6.54 Å². The van der Waals surface area contributed by atoms with Gasteiger partial charge in [-0.05, 0) is 19.4 Å². The third kappa shape index (κ3) is 2.87. The Morgan fingerprint density at radius 1 is 1.39 bits per heavy atom. The number of benzene rings is 1. The van der Waals surface area contributed by atoms with E-state index < -0.39 is 0 Å². The molecule has 1 atom stereocenters. The summed E-state index contributed by atoms with van der Waals surface area (Å²) in [5.74, 6) is 1.49. The van der Waals surface area contributed by atoms with Gasteiger partial charge < -0.3 is 14.9 Å². The third-order valence-corrected chi connectivity index (χ3v) is 2.79. The number of rotatable bonds is 5. The van der Waals surface area contributed by atoms with E-state index in [1.54, 1.807) is 13.0 Å². The van der Waals surface area contributed by atoms with Crippen LogP contribution < -0.4 is 5.32 Å². The molecule has 2 N–H and O–H groups in total. The molecule has 0 bridgehead atoms. The van der Waals surface area contributed by atoms with Crippen molar-refractivity contribution in [1.29, 1.82) is 0 Å². The molecule has 18 heavy (non-hydrogen) atoms. The van der Waals surface area contributed by atoms with Gasteiger partial charge in [-0.3, -0.25) is 0 Å². The van der Waals surface area contributed by atoms with Crippen LogP contribution in [0.3, 0.4) is 0 Å². The lowest BCUT2D eigenvalue weighted by Crippen LogP contribution is -2.20. The van der Waals surface area contributed by atoms with Gasteiger partial charge in [0.15, 0.2) is 5.82 Å². The summed E-state index contributed by atoms with van der Waals surface area (Å²) in [6.45, 7) is 4.34. The zero-order valence-corrected chi connectivity index (χ0v) is 10.6. The van der Waals surface area contributed by atoms with E-state index in [-0.39, 0.29) is 6.04 Å². The Hall–Kier alpha value is -1.88. The number of nitrogens with zero attached hydrogens (tertiary/aromatic N) is 2. The lowest BCUT2D eigenvalue weighted by Gasteiger charge is -2.17. The summed E-state index contributed by atoms with van der Waals surface area (Å²) in [6.07, 6.45) is 0.866. The maximum atomic E-state index is 9.82. The lowest BCUT2D eigenvalue weighted by molar-refractivity contribution is 0.351. The molecule has 1 aromatic heterocycles. The molecule has 5 nitrogen and oxygen atoms in total. The van der Waals surface area contributed by atoms with Crippen LogP contribution in [0.5, 0.6) is 5.75 Å². The van der Waals surface area contributed by atoms with Gasteiger partial charge in [-0.2, -0.15) is 4.98 Å². The average Bonchev–Trinajstić information content (AvgIpc) is 2.78. The second kappa shape index (κ2) is 5.64. The van der Waals surface area contributed by atoms with Gasteiger partial charge >= 0.3 is 0 Å². The standard InChI is InChI=1S/C13H17N3O2/c1-3-11(10-6-4-5-7-12(10)17)14-8-13-15-9(2)16-18-13/h4-7,11,14,17H,3,8H2,1-2H3. The van der Waals surface area contributed by atoms with Crippen molar-refractivity contribution < 1.29 is 9.63 Å². The maximum Gasteiger partial charge on any atom is 0.240 e. The fourth-order valence-electron chi connectivity index (χ4n) is 1.88. The average molecular weight is 247 g/mol. The predicted molar refractivity (Wildman–Crippen MR) is 67.0 cm³/mol. The molecule has 0 amide bonds. The van der Waals surface area contributed by atoms with Crippen LogP contribution in [0.25, 0.3) is 0 Å². The van der Waals surface area contributed by atoms with Crippen LogP contribution in [0.1, 0.15) is 36.7 Å². The molecule has 0 fully saturated rings. The van der Waals surface area contributed by atoms with Crippen molar-refractivity contribution in [2.24, 2.45) is 0 Å². The molecule has 0 spiro atoms. The highest BCUT2D eigenvalue weighted by Crippen LogP contribution is 2.25. The SMILES string of the molecule is CCC(NCc1nc(C)no1)c1ccccc1O. The predicted octanol–water partition coefficient (Wildman–Crippen LogP) is 2.32. The quantitative estimate of drug-likeness (QED) is 0.848. The number of aromatic nitrogens is 2. The fourth-order valence-corrected chi connectivity index (χ4v) is 1.88. The number of phenols is 1. The van der Waals surface area contributed by atoms with Crippen LogP contribution in [0.15, 0.2) is 28.8 Å². The minimum absolute atomic E-state index is 0.0680. The summed E-state index contributed by atoms with van der Waals surface area (Å²) < 4.78 is 5.04. The second-order valence-corrected chi connectivity index (χ2v) is 4.14. The van der Waals surface area contributed by atoms with Gasteiger partial charge in [-0.1, -0.05) is 30.3 Å². The van der Waals surface area contributed by atoms with E-state index in [0.29, 0.717) is 24.0 Å². The first-order valence-electron chi connectivity index (χ1n) is 6.01. The number of hydrogen-bond acceptors (Lipinski definition) is 5. The van der Waals surface area contributed by atoms with Crippen molar-refractivity contribution in [3.05, 3.63) is 41.5 Å². The van der Waals surface area contributed by atoms with Crippen molar-refractivity contribution >= 4 is 0 Å². The second-order valence-electron chi connectivity index (χ2n) is 4.14. The van der Waals surface area contributed by atoms with Crippen LogP contribution in [0.4, 0.5) is 0 Å². The van der Waals surface area contributed by atoms with Crippen molar-refractivity contribution in [3.63, 3.8) is 0 Å². The molecule has 0 aliphatic carbocycles. The van der Waals surface area contributed by atoms with E-state index in [4.69, 9.17) is 4.52 Å². The minimum Gasteiger partial charge on any atom is -0.508 e. The van der Waals surface area contributed by atoms with E-state index in [1.807, 2.05) is 18.2 Å². The zero-order valence-electron chi connectivity index (χ0n) is 10.6. The first-order chi connectivity index (χ1) is 8.70. The third-order valence-electron chi connectivity index (χ3n) is 2.79. The Labute approximate surface area is 106 Å². The first kappa shape index (κ1) is 12.6. The lowest BCUT2D eigenvalue weighted by atomic mass is 10.0. The molecule has 2 aromatic rings. The highest BCUT2D eigenvalue weighted by atomic mass is 16.5. The number of aromatic hydroxyl groups is 1. The van der Waals surface area contributed by atoms with E-state index in [0.717, 1.165) is 12.0 Å². The van der Waals surface area contributed by atoms with E-state index in [1.165, 1.54) is 0 Å². The smallest absolute Gasteiger partial charge is 0.240 e. The van der Waals surface area contributed by atoms with Crippen molar-refractivity contribution in [3.8, 4) is 5.75 Å². The zero-order chi connectivity index (χ0) is 13.0. The van der Waals surface area contributed by atoms with Gasteiger partial charge in [0.25, 0.3) is 0 Å². The monoisotopic (exact) mass is 247 g/mol. The Morgan fingerprint density at radius 3 is 2.78 bits per heavy atom. The summed E-state index contributed by atoms with van der Waals surface area (Å²) >= 11 is 0. The first-order valence-corrected chi connectivity index (χ1v) is 6.01. The molecular weight excluding hydrogens is 230 g/mol.